The highest BCUT2D eigenvalue weighted by Crippen LogP contribution is 2.33. The molecule has 0 bridgehead atoms. The van der Waals surface area contributed by atoms with Gasteiger partial charge >= 0.3 is 0 Å². The lowest BCUT2D eigenvalue weighted by atomic mass is 10.0. The van der Waals surface area contributed by atoms with Gasteiger partial charge in [-0.2, -0.15) is 5.26 Å². The second kappa shape index (κ2) is 11.7. The molecule has 0 fully saturated rings. The predicted molar refractivity (Wildman–Crippen MR) is 134 cm³/mol. The first-order chi connectivity index (χ1) is 16.8. The third-order valence-corrected chi connectivity index (χ3v) is 5.42. The zero-order chi connectivity index (χ0) is 25.4. The van der Waals surface area contributed by atoms with Crippen molar-refractivity contribution in [1.29, 1.82) is 5.26 Å². The van der Waals surface area contributed by atoms with Crippen molar-refractivity contribution in [3.05, 3.63) is 116 Å². The molecule has 0 unspecified atom stereocenters. The SMILES string of the molecule is C=CCc1cc(/C=C(/C#N)C(=O)Nc2ccccc2F)cc(Br)c1OCc1ccc([N+](=O)[O-])cc1. The number of ether oxygens (including phenoxy) is 1. The van der Waals surface area contributed by atoms with Crippen LogP contribution in [0.2, 0.25) is 0 Å². The Labute approximate surface area is 209 Å². The van der Waals surface area contributed by atoms with Crippen molar-refractivity contribution >= 4 is 39.3 Å². The van der Waals surface area contributed by atoms with Gasteiger partial charge in [0.1, 0.15) is 29.8 Å². The summed E-state index contributed by atoms with van der Waals surface area (Å²) in [6.45, 7) is 3.93. The Balaban J connectivity index is 1.84. The van der Waals surface area contributed by atoms with E-state index < -0.39 is 16.6 Å². The summed E-state index contributed by atoms with van der Waals surface area (Å²) < 4.78 is 20.4. The van der Waals surface area contributed by atoms with E-state index >= 15 is 0 Å². The third-order valence-electron chi connectivity index (χ3n) is 4.84. The van der Waals surface area contributed by atoms with E-state index in [9.17, 15) is 24.6 Å². The molecule has 3 aromatic rings. The fourth-order valence-corrected chi connectivity index (χ4v) is 3.80. The average Bonchev–Trinajstić information content (AvgIpc) is 2.83. The highest BCUT2D eigenvalue weighted by Gasteiger charge is 2.15. The first-order valence-corrected chi connectivity index (χ1v) is 11.1. The van der Waals surface area contributed by atoms with E-state index in [0.29, 0.717) is 22.2 Å². The zero-order valence-electron chi connectivity index (χ0n) is 18.3. The number of amides is 1. The zero-order valence-corrected chi connectivity index (χ0v) is 19.9. The number of carbonyl (C=O) groups is 1. The molecule has 35 heavy (non-hydrogen) atoms. The number of rotatable bonds is 9. The highest BCUT2D eigenvalue weighted by atomic mass is 79.9. The maximum atomic E-state index is 13.9. The van der Waals surface area contributed by atoms with Crippen LogP contribution in [0.1, 0.15) is 16.7 Å². The van der Waals surface area contributed by atoms with Crippen LogP contribution in [0, 0.1) is 27.3 Å². The number of nitro groups is 1. The maximum Gasteiger partial charge on any atom is 0.269 e. The van der Waals surface area contributed by atoms with Gasteiger partial charge < -0.3 is 10.1 Å². The Morgan fingerprint density at radius 3 is 2.57 bits per heavy atom. The summed E-state index contributed by atoms with van der Waals surface area (Å²) >= 11 is 3.47. The molecule has 0 radical (unpaired) electrons. The summed E-state index contributed by atoms with van der Waals surface area (Å²) in [4.78, 5) is 22.9. The second-order valence-electron chi connectivity index (χ2n) is 7.30. The summed E-state index contributed by atoms with van der Waals surface area (Å²) in [6, 6.07) is 17.0. The van der Waals surface area contributed by atoms with Crippen molar-refractivity contribution in [2.45, 2.75) is 13.0 Å². The largest absolute Gasteiger partial charge is 0.487 e. The van der Waals surface area contributed by atoms with Gasteiger partial charge in [0, 0.05) is 12.1 Å². The number of nitrogens with one attached hydrogen (secondary N) is 1. The van der Waals surface area contributed by atoms with Crippen molar-refractivity contribution in [3.63, 3.8) is 0 Å². The monoisotopic (exact) mass is 535 g/mol. The molecule has 1 N–H and O–H groups in total. The molecule has 0 aliphatic carbocycles. The Kier molecular flexibility index (Phi) is 8.48. The number of hydrogen-bond donors (Lipinski definition) is 1. The lowest BCUT2D eigenvalue weighted by Crippen LogP contribution is -2.14. The van der Waals surface area contributed by atoms with E-state index in [-0.39, 0.29) is 23.6 Å². The number of carbonyl (C=O) groups excluding carboxylic acids is 1. The van der Waals surface area contributed by atoms with E-state index in [4.69, 9.17) is 4.74 Å². The Bertz CT molecular complexity index is 1350. The molecule has 3 rings (SSSR count). The molecule has 0 aromatic heterocycles. The van der Waals surface area contributed by atoms with Crippen LogP contribution in [0.25, 0.3) is 6.08 Å². The lowest BCUT2D eigenvalue weighted by molar-refractivity contribution is -0.384. The number of benzene rings is 3. The molecule has 7 nitrogen and oxygen atoms in total. The van der Waals surface area contributed by atoms with Crippen molar-refractivity contribution in [2.24, 2.45) is 0 Å². The molecular formula is C26H19BrFN3O4. The van der Waals surface area contributed by atoms with Gasteiger partial charge in [0.25, 0.3) is 11.6 Å². The summed E-state index contributed by atoms with van der Waals surface area (Å²) in [7, 11) is 0. The van der Waals surface area contributed by atoms with Gasteiger partial charge in [-0.1, -0.05) is 18.2 Å². The number of anilines is 1. The van der Waals surface area contributed by atoms with Crippen LogP contribution in [0.3, 0.4) is 0 Å². The molecule has 0 saturated heterocycles. The minimum Gasteiger partial charge on any atom is -0.487 e. The summed E-state index contributed by atoms with van der Waals surface area (Å²) in [6.07, 6.45) is 3.52. The third kappa shape index (κ3) is 6.62. The molecule has 0 aliphatic heterocycles. The maximum absolute atomic E-state index is 13.9. The molecule has 0 saturated carbocycles. The Morgan fingerprint density at radius 2 is 1.94 bits per heavy atom. The van der Waals surface area contributed by atoms with E-state index in [1.165, 1.54) is 36.4 Å². The van der Waals surface area contributed by atoms with Gasteiger partial charge in [-0.3, -0.25) is 14.9 Å². The first kappa shape index (κ1) is 25.3. The minimum absolute atomic E-state index is 0.00856. The topological polar surface area (TPSA) is 105 Å². The summed E-state index contributed by atoms with van der Waals surface area (Å²) in [5.41, 5.74) is 1.80. The standard InChI is InChI=1S/C26H19BrFN3O4/c1-2-5-19-12-18(13-20(15-29)26(32)30-24-7-4-3-6-23(24)28)14-22(27)25(19)35-16-17-8-10-21(11-9-17)31(33)34/h2-4,6-14H,1,5,16H2,(H,30,32)/b20-13-. The Morgan fingerprint density at radius 1 is 1.23 bits per heavy atom. The molecule has 0 spiro atoms. The number of nitrogens with zero attached hydrogens (tertiary/aromatic N) is 2. The van der Waals surface area contributed by atoms with Crippen molar-refractivity contribution in [3.8, 4) is 11.8 Å². The number of hydrogen-bond acceptors (Lipinski definition) is 5. The molecular weight excluding hydrogens is 517 g/mol. The number of allylic oxidation sites excluding steroid dienone is 1. The van der Waals surface area contributed by atoms with Crippen LogP contribution in [-0.4, -0.2) is 10.8 Å². The van der Waals surface area contributed by atoms with Crippen LogP contribution in [0.15, 0.2) is 83.4 Å². The average molecular weight is 536 g/mol. The minimum atomic E-state index is -0.738. The molecule has 176 valence electrons. The van der Waals surface area contributed by atoms with Crippen LogP contribution in [0.5, 0.6) is 5.75 Å². The lowest BCUT2D eigenvalue weighted by Gasteiger charge is -2.14. The fourth-order valence-electron chi connectivity index (χ4n) is 3.16. The highest BCUT2D eigenvalue weighted by molar-refractivity contribution is 9.10. The fraction of sp³-hybridized carbons (Fsp3) is 0.0769. The van der Waals surface area contributed by atoms with E-state index in [0.717, 1.165) is 11.1 Å². The smallest absolute Gasteiger partial charge is 0.269 e. The molecule has 0 heterocycles. The molecule has 0 atom stereocenters. The van der Waals surface area contributed by atoms with Crippen LogP contribution >= 0.6 is 15.9 Å². The molecule has 3 aromatic carbocycles. The summed E-state index contributed by atoms with van der Waals surface area (Å²) in [5, 5.41) is 22.7. The normalized spacial score (nSPS) is 10.8. The van der Waals surface area contributed by atoms with Crippen molar-refractivity contribution in [2.75, 3.05) is 5.32 Å². The first-order valence-electron chi connectivity index (χ1n) is 10.3. The van der Waals surface area contributed by atoms with E-state index in [1.54, 1.807) is 36.4 Å². The van der Waals surface area contributed by atoms with Gasteiger partial charge in [-0.15, -0.1) is 6.58 Å². The summed E-state index contributed by atoms with van der Waals surface area (Å²) in [5.74, 6) is -0.809. The molecule has 0 aliphatic rings. The van der Waals surface area contributed by atoms with Gasteiger partial charge in [-0.05, 0) is 81.5 Å². The number of para-hydroxylation sites is 1. The Hall–Kier alpha value is -4.29. The molecule has 9 heteroatoms. The van der Waals surface area contributed by atoms with Crippen LogP contribution in [-0.2, 0) is 17.8 Å². The number of non-ortho nitro benzene ring substituents is 1. The van der Waals surface area contributed by atoms with Gasteiger partial charge in [-0.25, -0.2) is 4.39 Å². The second-order valence-corrected chi connectivity index (χ2v) is 8.15. The quantitative estimate of drug-likeness (QED) is 0.113. The molecule has 1 amide bonds. The van der Waals surface area contributed by atoms with Crippen LogP contribution < -0.4 is 10.1 Å². The number of nitriles is 1. The van der Waals surface area contributed by atoms with E-state index in [1.807, 2.05) is 6.07 Å². The van der Waals surface area contributed by atoms with E-state index in [2.05, 4.69) is 27.8 Å². The van der Waals surface area contributed by atoms with Crippen molar-refractivity contribution < 1.29 is 18.8 Å². The predicted octanol–water partition coefficient (Wildman–Crippen LogP) is 6.35. The van der Waals surface area contributed by atoms with Gasteiger partial charge in [0.15, 0.2) is 0 Å². The van der Waals surface area contributed by atoms with Crippen LogP contribution in [0.4, 0.5) is 15.8 Å². The van der Waals surface area contributed by atoms with Gasteiger partial charge in [0.2, 0.25) is 0 Å². The number of nitro benzene ring substituents is 1. The van der Waals surface area contributed by atoms with Gasteiger partial charge in [0.05, 0.1) is 15.1 Å². The number of halogens is 2. The van der Waals surface area contributed by atoms with Crippen molar-refractivity contribution in [1.82, 2.24) is 0 Å².